The first-order chi connectivity index (χ1) is 9.49. The summed E-state index contributed by atoms with van der Waals surface area (Å²) in [4.78, 5) is 35.2. The van der Waals surface area contributed by atoms with Crippen molar-refractivity contribution in [3.8, 4) is 0 Å². The Morgan fingerprint density at radius 2 is 1.95 bits per heavy atom. The molecule has 1 aromatic rings. The van der Waals surface area contributed by atoms with Gasteiger partial charge < -0.3 is 9.80 Å². The second-order valence-corrected chi connectivity index (χ2v) is 5.41. The van der Waals surface area contributed by atoms with Gasteiger partial charge in [-0.25, -0.2) is 4.98 Å². The lowest BCUT2D eigenvalue weighted by atomic mass is 9.95. The molecule has 0 atom stereocenters. The number of rotatable bonds is 2. The fraction of sp³-hybridized carbons (Fsp3) is 0.538. The second-order valence-electron chi connectivity index (χ2n) is 5.03. The largest absolute Gasteiger partial charge is 0.349 e. The predicted octanol–water partition coefficient (Wildman–Crippen LogP) is 1.07. The van der Waals surface area contributed by atoms with Gasteiger partial charge in [-0.3, -0.25) is 14.6 Å². The number of likely N-dealkylation sites (tertiary alicyclic amines) is 1. The number of halogens is 1. The molecule has 1 fully saturated rings. The molecule has 0 saturated carbocycles. The van der Waals surface area contributed by atoms with Crippen LogP contribution in [0.25, 0.3) is 0 Å². The highest BCUT2D eigenvalue weighted by molar-refractivity contribution is 6.29. The zero-order valence-electron chi connectivity index (χ0n) is 11.5. The van der Waals surface area contributed by atoms with Gasteiger partial charge in [0.1, 0.15) is 10.8 Å². The van der Waals surface area contributed by atoms with Gasteiger partial charge in [-0.1, -0.05) is 11.6 Å². The Balaban J connectivity index is 1.97. The van der Waals surface area contributed by atoms with E-state index in [1.165, 1.54) is 12.4 Å². The molecule has 1 aromatic heterocycles. The lowest BCUT2D eigenvalue weighted by Gasteiger charge is -2.32. The molecule has 0 N–H and O–H groups in total. The van der Waals surface area contributed by atoms with E-state index in [1.807, 2.05) is 0 Å². The molecule has 1 aliphatic rings. The van der Waals surface area contributed by atoms with Crippen LogP contribution in [0, 0.1) is 5.92 Å². The standard InChI is InChI=1S/C13H17ClN4O2/c1-17(2)12(19)9-3-5-18(6-4-9)13(20)10-7-15-8-11(14)16-10/h7-9H,3-6H2,1-2H3. The van der Waals surface area contributed by atoms with Crippen molar-refractivity contribution in [1.82, 2.24) is 19.8 Å². The lowest BCUT2D eigenvalue weighted by molar-refractivity contribution is -0.134. The van der Waals surface area contributed by atoms with Crippen molar-refractivity contribution in [3.63, 3.8) is 0 Å². The summed E-state index contributed by atoms with van der Waals surface area (Å²) in [6, 6.07) is 0. The van der Waals surface area contributed by atoms with E-state index in [-0.39, 0.29) is 28.6 Å². The average molecular weight is 297 g/mol. The van der Waals surface area contributed by atoms with Crippen LogP contribution in [-0.2, 0) is 4.79 Å². The average Bonchev–Trinajstić information content (AvgIpc) is 2.46. The Bertz CT molecular complexity index is 513. The Labute approximate surface area is 122 Å². The molecule has 1 saturated heterocycles. The minimum atomic E-state index is -0.184. The summed E-state index contributed by atoms with van der Waals surface area (Å²) >= 11 is 5.73. The highest BCUT2D eigenvalue weighted by Crippen LogP contribution is 2.20. The Kier molecular flexibility index (Phi) is 4.54. The van der Waals surface area contributed by atoms with E-state index in [4.69, 9.17) is 11.6 Å². The predicted molar refractivity (Wildman–Crippen MR) is 74.4 cm³/mol. The van der Waals surface area contributed by atoms with Gasteiger partial charge in [-0.2, -0.15) is 0 Å². The Hall–Kier alpha value is -1.69. The summed E-state index contributed by atoms with van der Waals surface area (Å²) in [5.74, 6) is -0.0603. The third kappa shape index (κ3) is 3.25. The van der Waals surface area contributed by atoms with Crippen LogP contribution < -0.4 is 0 Å². The van der Waals surface area contributed by atoms with E-state index in [0.717, 1.165) is 0 Å². The van der Waals surface area contributed by atoms with Crippen LogP contribution in [0.1, 0.15) is 23.3 Å². The van der Waals surface area contributed by atoms with Crippen LogP contribution in [0.15, 0.2) is 12.4 Å². The fourth-order valence-corrected chi connectivity index (χ4v) is 2.45. The number of amides is 2. The van der Waals surface area contributed by atoms with Gasteiger partial charge in [0, 0.05) is 33.1 Å². The Morgan fingerprint density at radius 3 is 2.50 bits per heavy atom. The van der Waals surface area contributed by atoms with Gasteiger partial charge in [0.2, 0.25) is 5.91 Å². The maximum Gasteiger partial charge on any atom is 0.274 e. The lowest BCUT2D eigenvalue weighted by Crippen LogP contribution is -2.43. The van der Waals surface area contributed by atoms with Gasteiger partial charge in [-0.15, -0.1) is 0 Å². The molecule has 0 unspecified atom stereocenters. The zero-order valence-corrected chi connectivity index (χ0v) is 12.3. The van der Waals surface area contributed by atoms with Crippen LogP contribution in [0.4, 0.5) is 0 Å². The van der Waals surface area contributed by atoms with Gasteiger partial charge in [0.15, 0.2) is 0 Å². The normalized spacial score (nSPS) is 16.1. The fourth-order valence-electron chi connectivity index (χ4n) is 2.30. The molecule has 20 heavy (non-hydrogen) atoms. The molecule has 1 aliphatic heterocycles. The molecule has 2 rings (SSSR count). The van der Waals surface area contributed by atoms with Crippen LogP contribution in [0.5, 0.6) is 0 Å². The van der Waals surface area contributed by atoms with Crippen molar-refractivity contribution >= 4 is 23.4 Å². The van der Waals surface area contributed by atoms with Gasteiger partial charge in [0.05, 0.1) is 12.4 Å². The van der Waals surface area contributed by atoms with Crippen molar-refractivity contribution < 1.29 is 9.59 Å². The third-order valence-corrected chi connectivity index (χ3v) is 3.58. The van der Waals surface area contributed by atoms with Crippen molar-refractivity contribution in [2.75, 3.05) is 27.2 Å². The van der Waals surface area contributed by atoms with Crippen LogP contribution >= 0.6 is 11.6 Å². The van der Waals surface area contributed by atoms with Crippen molar-refractivity contribution in [2.24, 2.45) is 5.92 Å². The summed E-state index contributed by atoms with van der Waals surface area (Å²) in [6.45, 7) is 1.11. The molecule has 6 nitrogen and oxygen atoms in total. The smallest absolute Gasteiger partial charge is 0.274 e. The summed E-state index contributed by atoms with van der Waals surface area (Å²) < 4.78 is 0. The van der Waals surface area contributed by atoms with Crippen LogP contribution in [0.2, 0.25) is 5.15 Å². The number of nitrogens with zero attached hydrogens (tertiary/aromatic N) is 4. The highest BCUT2D eigenvalue weighted by atomic mass is 35.5. The highest BCUT2D eigenvalue weighted by Gasteiger charge is 2.29. The number of carbonyl (C=O) groups excluding carboxylic acids is 2. The third-order valence-electron chi connectivity index (χ3n) is 3.40. The molecule has 7 heteroatoms. The summed E-state index contributed by atoms with van der Waals surface area (Å²) in [5, 5.41) is 0.202. The molecule has 0 aliphatic carbocycles. The number of piperidine rings is 1. The summed E-state index contributed by atoms with van der Waals surface area (Å²) in [6.07, 6.45) is 4.15. The Morgan fingerprint density at radius 1 is 1.30 bits per heavy atom. The SMILES string of the molecule is CN(C)C(=O)C1CCN(C(=O)c2cncc(Cl)n2)CC1. The van der Waals surface area contributed by atoms with E-state index in [9.17, 15) is 9.59 Å². The van der Waals surface area contributed by atoms with Crippen LogP contribution in [-0.4, -0.2) is 58.8 Å². The number of hydrogen-bond acceptors (Lipinski definition) is 4. The minimum absolute atomic E-state index is 0.000467. The van der Waals surface area contributed by atoms with E-state index in [2.05, 4.69) is 9.97 Å². The molecule has 0 aromatic carbocycles. The molecular weight excluding hydrogens is 280 g/mol. The van der Waals surface area contributed by atoms with Crippen molar-refractivity contribution in [2.45, 2.75) is 12.8 Å². The quantitative estimate of drug-likeness (QED) is 0.819. The van der Waals surface area contributed by atoms with E-state index >= 15 is 0 Å². The number of aromatic nitrogens is 2. The topological polar surface area (TPSA) is 66.4 Å². The van der Waals surface area contributed by atoms with E-state index in [1.54, 1.807) is 23.9 Å². The van der Waals surface area contributed by atoms with Gasteiger partial charge in [0.25, 0.3) is 5.91 Å². The molecule has 108 valence electrons. The number of hydrogen-bond donors (Lipinski definition) is 0. The molecule has 0 spiro atoms. The van der Waals surface area contributed by atoms with Crippen molar-refractivity contribution in [1.29, 1.82) is 0 Å². The maximum atomic E-state index is 12.2. The van der Waals surface area contributed by atoms with Gasteiger partial charge >= 0.3 is 0 Å². The summed E-state index contributed by atoms with van der Waals surface area (Å²) in [5.41, 5.74) is 0.245. The number of carbonyl (C=O) groups is 2. The first kappa shape index (κ1) is 14.7. The maximum absolute atomic E-state index is 12.2. The monoisotopic (exact) mass is 296 g/mol. The minimum Gasteiger partial charge on any atom is -0.349 e. The zero-order chi connectivity index (χ0) is 14.7. The van der Waals surface area contributed by atoms with E-state index < -0.39 is 0 Å². The van der Waals surface area contributed by atoms with Crippen LogP contribution in [0.3, 0.4) is 0 Å². The first-order valence-corrected chi connectivity index (χ1v) is 6.85. The molecule has 2 heterocycles. The first-order valence-electron chi connectivity index (χ1n) is 6.47. The molecule has 0 radical (unpaired) electrons. The molecule has 0 bridgehead atoms. The second kappa shape index (κ2) is 6.17. The summed E-state index contributed by atoms with van der Waals surface area (Å²) in [7, 11) is 3.50. The van der Waals surface area contributed by atoms with Crippen molar-refractivity contribution in [3.05, 3.63) is 23.2 Å². The molecule has 2 amide bonds. The van der Waals surface area contributed by atoms with E-state index in [0.29, 0.717) is 25.9 Å². The van der Waals surface area contributed by atoms with Gasteiger partial charge in [-0.05, 0) is 12.8 Å². The molecular formula is C13H17ClN4O2.